The number of fused-ring (bicyclic) bond motifs is 1. The van der Waals surface area contributed by atoms with Crippen LogP contribution in [0.5, 0.6) is 0 Å². The van der Waals surface area contributed by atoms with Crippen LogP contribution in [0.3, 0.4) is 0 Å². The van der Waals surface area contributed by atoms with E-state index in [1.54, 1.807) is 26.8 Å². The number of ketones is 1. The zero-order valence-corrected chi connectivity index (χ0v) is 20.4. The average Bonchev–Trinajstić information content (AvgIpc) is 3.27. The number of aryl methyl sites for hydroxylation is 1. The first kappa shape index (κ1) is 25.1. The molecule has 1 amide bonds. The number of nitrogens with one attached hydrogen (secondary N) is 2. The number of rotatable bonds is 10. The van der Waals surface area contributed by atoms with Crippen molar-refractivity contribution >= 4 is 44.9 Å². The van der Waals surface area contributed by atoms with E-state index in [0.717, 1.165) is 10.6 Å². The standard InChI is InChI=1S/C24H28N4O5S/c1-13(2)22(31)18(7-10-21(29)30)27-24(33)19-8-9-20(34-19)28(4)12-15-5-6-17-16(11-15)23(32)26-14(3)25-17/h5-6,8-9,11,13,18H,7,10,12H2,1-4H3,(H,27,33)(H,29,30)(H,25,26,32)/t18-/m0/s1. The van der Waals surface area contributed by atoms with E-state index >= 15 is 0 Å². The highest BCUT2D eigenvalue weighted by Crippen LogP contribution is 2.27. The summed E-state index contributed by atoms with van der Waals surface area (Å²) < 4.78 is 0. The highest BCUT2D eigenvalue weighted by Gasteiger charge is 2.25. The number of aromatic amines is 1. The number of aromatic nitrogens is 2. The molecule has 0 radical (unpaired) electrons. The van der Waals surface area contributed by atoms with E-state index in [1.807, 2.05) is 36.2 Å². The summed E-state index contributed by atoms with van der Waals surface area (Å²) >= 11 is 1.27. The van der Waals surface area contributed by atoms with Gasteiger partial charge in [0.25, 0.3) is 11.5 Å². The lowest BCUT2D eigenvalue weighted by molar-refractivity contribution is -0.137. The molecule has 3 N–H and O–H groups in total. The van der Waals surface area contributed by atoms with E-state index in [0.29, 0.717) is 28.1 Å². The molecule has 2 heterocycles. The van der Waals surface area contributed by atoms with Gasteiger partial charge >= 0.3 is 5.97 Å². The summed E-state index contributed by atoms with van der Waals surface area (Å²) in [5, 5.41) is 13.0. The molecule has 0 unspecified atom stereocenters. The number of H-pyrrole nitrogens is 1. The zero-order valence-electron chi connectivity index (χ0n) is 19.5. The summed E-state index contributed by atoms with van der Waals surface area (Å²) in [6.07, 6.45) is -0.156. The zero-order chi connectivity index (χ0) is 25.0. The number of anilines is 1. The smallest absolute Gasteiger partial charge is 0.303 e. The van der Waals surface area contributed by atoms with Gasteiger partial charge in [-0.05, 0) is 43.2 Å². The quantitative estimate of drug-likeness (QED) is 0.403. The number of carboxylic acid groups (broad SMARTS) is 1. The largest absolute Gasteiger partial charge is 0.481 e. The van der Waals surface area contributed by atoms with Gasteiger partial charge in [0.2, 0.25) is 0 Å². The Bertz CT molecular complexity index is 1280. The molecule has 1 atom stereocenters. The molecule has 34 heavy (non-hydrogen) atoms. The van der Waals surface area contributed by atoms with Gasteiger partial charge in [-0.15, -0.1) is 11.3 Å². The van der Waals surface area contributed by atoms with Gasteiger partial charge in [-0.3, -0.25) is 19.2 Å². The number of hydrogen-bond donors (Lipinski definition) is 3. The first-order valence-corrected chi connectivity index (χ1v) is 11.7. The Morgan fingerprint density at radius 2 is 1.94 bits per heavy atom. The molecule has 1 aromatic carbocycles. The van der Waals surface area contributed by atoms with Crippen molar-refractivity contribution < 1.29 is 19.5 Å². The number of hydrogen-bond acceptors (Lipinski definition) is 7. The first-order valence-electron chi connectivity index (χ1n) is 10.9. The second-order valence-electron chi connectivity index (χ2n) is 8.51. The fourth-order valence-corrected chi connectivity index (χ4v) is 4.46. The Morgan fingerprint density at radius 1 is 1.21 bits per heavy atom. The van der Waals surface area contributed by atoms with Crippen molar-refractivity contribution in [3.8, 4) is 0 Å². The Balaban J connectivity index is 1.71. The van der Waals surface area contributed by atoms with E-state index in [1.165, 1.54) is 11.3 Å². The molecule has 180 valence electrons. The Kier molecular flexibility index (Phi) is 7.83. The van der Waals surface area contributed by atoms with Crippen molar-refractivity contribution in [2.45, 2.75) is 46.2 Å². The van der Waals surface area contributed by atoms with Crippen LogP contribution in [0.1, 0.15) is 47.7 Å². The molecule has 0 bridgehead atoms. The van der Waals surface area contributed by atoms with Crippen LogP contribution in [0, 0.1) is 12.8 Å². The van der Waals surface area contributed by atoms with Gasteiger partial charge < -0.3 is 20.3 Å². The van der Waals surface area contributed by atoms with Gasteiger partial charge in [0.1, 0.15) is 5.82 Å². The number of carbonyl (C=O) groups excluding carboxylic acids is 2. The molecule has 0 saturated carbocycles. The number of carboxylic acids is 1. The van der Waals surface area contributed by atoms with E-state index in [2.05, 4.69) is 15.3 Å². The fraction of sp³-hybridized carbons (Fsp3) is 0.375. The minimum absolute atomic E-state index is 0.0473. The summed E-state index contributed by atoms with van der Waals surface area (Å²) in [7, 11) is 1.88. The van der Waals surface area contributed by atoms with Crippen LogP contribution in [0.4, 0.5) is 5.00 Å². The van der Waals surface area contributed by atoms with Crippen molar-refractivity contribution in [3.63, 3.8) is 0 Å². The molecule has 2 aromatic heterocycles. The number of thiophene rings is 1. The Morgan fingerprint density at radius 3 is 2.62 bits per heavy atom. The fourth-order valence-electron chi connectivity index (χ4n) is 3.59. The summed E-state index contributed by atoms with van der Waals surface area (Å²) in [6, 6.07) is 8.18. The van der Waals surface area contributed by atoms with E-state index < -0.39 is 17.9 Å². The van der Waals surface area contributed by atoms with E-state index in [4.69, 9.17) is 5.11 Å². The Labute approximate surface area is 200 Å². The van der Waals surface area contributed by atoms with Crippen LogP contribution in [0.2, 0.25) is 0 Å². The van der Waals surface area contributed by atoms with Crippen LogP contribution < -0.4 is 15.8 Å². The molecule has 10 heteroatoms. The summed E-state index contributed by atoms with van der Waals surface area (Å²) in [6.45, 7) is 5.69. The van der Waals surface area contributed by atoms with Gasteiger partial charge in [0.05, 0.1) is 26.8 Å². The molecule has 0 aliphatic rings. The number of amides is 1. The molecule has 3 aromatic rings. The molecule has 0 aliphatic carbocycles. The maximum atomic E-state index is 12.8. The minimum atomic E-state index is -1.02. The third-order valence-corrected chi connectivity index (χ3v) is 6.56. The predicted octanol–water partition coefficient (Wildman–Crippen LogP) is 3.12. The third kappa shape index (κ3) is 6.07. The molecular weight excluding hydrogens is 456 g/mol. The first-order chi connectivity index (χ1) is 16.0. The van der Waals surface area contributed by atoms with E-state index in [9.17, 15) is 19.2 Å². The predicted molar refractivity (Wildman–Crippen MR) is 131 cm³/mol. The lowest BCUT2D eigenvalue weighted by Gasteiger charge is -2.19. The average molecular weight is 485 g/mol. The molecule has 0 fully saturated rings. The van der Waals surface area contributed by atoms with Gasteiger partial charge in [0, 0.05) is 25.9 Å². The van der Waals surface area contributed by atoms with Crippen LogP contribution in [0.15, 0.2) is 35.1 Å². The highest BCUT2D eigenvalue weighted by molar-refractivity contribution is 7.18. The summed E-state index contributed by atoms with van der Waals surface area (Å²) in [5.41, 5.74) is 1.37. The molecular formula is C24H28N4O5S. The van der Waals surface area contributed by atoms with Crippen LogP contribution in [0.25, 0.3) is 10.9 Å². The highest BCUT2D eigenvalue weighted by atomic mass is 32.1. The normalized spacial score (nSPS) is 12.0. The van der Waals surface area contributed by atoms with Gasteiger partial charge in [-0.25, -0.2) is 4.98 Å². The molecule has 9 nitrogen and oxygen atoms in total. The topological polar surface area (TPSA) is 132 Å². The third-order valence-electron chi connectivity index (χ3n) is 5.36. The minimum Gasteiger partial charge on any atom is -0.481 e. The second kappa shape index (κ2) is 10.6. The number of Topliss-reactive ketones (excluding diaryl/α,β-unsaturated/α-hetero) is 1. The van der Waals surface area contributed by atoms with Gasteiger partial charge in [-0.2, -0.15) is 0 Å². The van der Waals surface area contributed by atoms with Crippen molar-refractivity contribution in [1.82, 2.24) is 15.3 Å². The van der Waals surface area contributed by atoms with E-state index in [-0.39, 0.29) is 30.1 Å². The number of aliphatic carboxylic acids is 1. The lowest BCUT2D eigenvalue weighted by atomic mass is 9.98. The van der Waals surface area contributed by atoms with Gasteiger partial charge in [0.15, 0.2) is 5.78 Å². The summed E-state index contributed by atoms with van der Waals surface area (Å²) in [5.74, 6) is -1.38. The van der Waals surface area contributed by atoms with Crippen LogP contribution in [-0.4, -0.2) is 45.8 Å². The second-order valence-corrected chi connectivity index (χ2v) is 9.57. The van der Waals surface area contributed by atoms with Crippen LogP contribution >= 0.6 is 11.3 Å². The van der Waals surface area contributed by atoms with Crippen molar-refractivity contribution in [2.75, 3.05) is 11.9 Å². The molecule has 3 rings (SSSR count). The number of carbonyl (C=O) groups is 3. The van der Waals surface area contributed by atoms with Crippen molar-refractivity contribution in [2.24, 2.45) is 5.92 Å². The van der Waals surface area contributed by atoms with Gasteiger partial charge in [-0.1, -0.05) is 19.9 Å². The maximum absolute atomic E-state index is 12.8. The maximum Gasteiger partial charge on any atom is 0.303 e. The van der Waals surface area contributed by atoms with Crippen LogP contribution in [-0.2, 0) is 16.1 Å². The van der Waals surface area contributed by atoms with Crippen molar-refractivity contribution in [3.05, 3.63) is 57.0 Å². The summed E-state index contributed by atoms with van der Waals surface area (Å²) in [4.78, 5) is 57.8. The molecule has 0 saturated heterocycles. The molecule has 0 aliphatic heterocycles. The molecule has 0 spiro atoms. The SMILES string of the molecule is Cc1nc2ccc(CN(C)c3ccc(C(=O)N[C@@H](CCC(=O)O)C(=O)C(C)C)s3)cc2c(=O)[nH]1. The lowest BCUT2D eigenvalue weighted by Crippen LogP contribution is -2.42. The number of benzene rings is 1. The monoisotopic (exact) mass is 484 g/mol. The number of nitrogens with zero attached hydrogens (tertiary/aromatic N) is 2. The van der Waals surface area contributed by atoms with Crippen molar-refractivity contribution in [1.29, 1.82) is 0 Å². The Hall–Kier alpha value is -3.53.